The zero-order valence-electron chi connectivity index (χ0n) is 11.3. The Balaban J connectivity index is 1.99. The summed E-state index contributed by atoms with van der Waals surface area (Å²) in [6, 6.07) is 3.89. The highest BCUT2D eigenvalue weighted by Gasteiger charge is 2.10. The van der Waals surface area contributed by atoms with Gasteiger partial charge in [0.15, 0.2) is 0 Å². The van der Waals surface area contributed by atoms with E-state index in [1.54, 1.807) is 4.52 Å². The Hall–Kier alpha value is -2.14. The van der Waals surface area contributed by atoms with E-state index < -0.39 is 0 Å². The van der Waals surface area contributed by atoms with Crippen molar-refractivity contribution >= 4 is 23.4 Å². The third-order valence-electron chi connectivity index (χ3n) is 2.49. The molecule has 0 fully saturated rings. The number of aromatic nitrogens is 4. The fourth-order valence-electron chi connectivity index (χ4n) is 1.65. The molecular weight excluding hydrogens is 276 g/mol. The van der Waals surface area contributed by atoms with Gasteiger partial charge in [-0.3, -0.25) is 4.79 Å². The smallest absolute Gasteiger partial charge is 0.253 e. The number of thioether (sulfide) groups is 1. The Bertz CT molecular complexity index is 674. The Labute approximate surface area is 120 Å². The van der Waals surface area contributed by atoms with E-state index in [9.17, 15) is 4.79 Å². The molecule has 2 rings (SSSR count). The number of nitrogens with zero attached hydrogens (tertiary/aromatic N) is 5. The maximum atomic E-state index is 11.5. The highest BCUT2D eigenvalue weighted by atomic mass is 32.2. The third kappa shape index (κ3) is 3.45. The van der Waals surface area contributed by atoms with Crippen LogP contribution in [0.4, 0.5) is 0 Å². The molecular formula is C12H14N6OS. The summed E-state index contributed by atoms with van der Waals surface area (Å²) in [4.78, 5) is 20.1. The van der Waals surface area contributed by atoms with Crippen molar-refractivity contribution in [2.75, 3.05) is 12.3 Å². The zero-order valence-corrected chi connectivity index (χ0v) is 12.1. The lowest BCUT2D eigenvalue weighted by molar-refractivity contribution is -0.118. The first-order chi connectivity index (χ1) is 9.60. The topological polar surface area (TPSA) is 96.0 Å². The van der Waals surface area contributed by atoms with Crippen LogP contribution in [0.5, 0.6) is 0 Å². The van der Waals surface area contributed by atoms with Crippen LogP contribution in [0.2, 0.25) is 0 Å². The molecule has 1 N–H and O–H groups in total. The minimum Gasteiger partial charge on any atom is -0.354 e. The van der Waals surface area contributed by atoms with Crippen molar-refractivity contribution in [1.82, 2.24) is 24.9 Å². The van der Waals surface area contributed by atoms with Gasteiger partial charge in [0.1, 0.15) is 0 Å². The second kappa shape index (κ2) is 6.34. The average Bonchev–Trinajstić information content (AvgIpc) is 2.80. The van der Waals surface area contributed by atoms with E-state index in [1.165, 1.54) is 11.8 Å². The number of aryl methyl sites for hydroxylation is 2. The molecule has 7 nitrogen and oxygen atoms in total. The predicted molar refractivity (Wildman–Crippen MR) is 74.2 cm³/mol. The molecule has 20 heavy (non-hydrogen) atoms. The summed E-state index contributed by atoms with van der Waals surface area (Å²) in [5, 5.41) is 15.8. The molecule has 0 unspecified atom stereocenters. The number of carbonyl (C=O) groups is 1. The van der Waals surface area contributed by atoms with Gasteiger partial charge in [-0.1, -0.05) is 11.8 Å². The SMILES string of the molecule is Cc1cc(C)n2nc(SCC(=O)NCCC#N)nc2n1. The zero-order chi connectivity index (χ0) is 14.5. The number of fused-ring (bicyclic) bond motifs is 1. The van der Waals surface area contributed by atoms with Crippen molar-refractivity contribution in [3.05, 3.63) is 17.5 Å². The van der Waals surface area contributed by atoms with Gasteiger partial charge >= 0.3 is 0 Å². The molecule has 0 bridgehead atoms. The lowest BCUT2D eigenvalue weighted by Gasteiger charge is -1.99. The molecule has 0 spiro atoms. The fraction of sp³-hybridized carbons (Fsp3) is 0.417. The highest BCUT2D eigenvalue weighted by Crippen LogP contribution is 2.14. The van der Waals surface area contributed by atoms with E-state index >= 15 is 0 Å². The molecule has 0 saturated heterocycles. The first kappa shape index (κ1) is 14.3. The molecule has 1 amide bonds. The minimum atomic E-state index is -0.134. The van der Waals surface area contributed by atoms with Crippen LogP contribution >= 0.6 is 11.8 Å². The number of carbonyl (C=O) groups excluding carboxylic acids is 1. The quantitative estimate of drug-likeness (QED) is 0.648. The number of nitriles is 1. The first-order valence-corrected chi connectivity index (χ1v) is 7.06. The lowest BCUT2D eigenvalue weighted by Crippen LogP contribution is -2.25. The molecule has 0 atom stereocenters. The molecule has 104 valence electrons. The predicted octanol–water partition coefficient (Wildman–Crippen LogP) is 0.863. The average molecular weight is 290 g/mol. The second-order valence-corrected chi connectivity index (χ2v) is 5.13. The molecule has 0 aliphatic rings. The van der Waals surface area contributed by atoms with Crippen molar-refractivity contribution in [2.24, 2.45) is 0 Å². The van der Waals surface area contributed by atoms with Gasteiger partial charge in [-0.05, 0) is 19.9 Å². The highest BCUT2D eigenvalue weighted by molar-refractivity contribution is 7.99. The van der Waals surface area contributed by atoms with Gasteiger partial charge in [0.25, 0.3) is 5.78 Å². The van der Waals surface area contributed by atoms with Crippen LogP contribution in [0.3, 0.4) is 0 Å². The van der Waals surface area contributed by atoms with Crippen LogP contribution in [0.1, 0.15) is 17.8 Å². The molecule has 2 aromatic heterocycles. The van der Waals surface area contributed by atoms with Gasteiger partial charge in [0.05, 0.1) is 18.2 Å². The van der Waals surface area contributed by atoms with Crippen LogP contribution in [0.25, 0.3) is 5.78 Å². The number of hydrogen-bond donors (Lipinski definition) is 1. The van der Waals surface area contributed by atoms with E-state index in [0.29, 0.717) is 23.9 Å². The van der Waals surface area contributed by atoms with Gasteiger partial charge in [0.2, 0.25) is 11.1 Å². The van der Waals surface area contributed by atoms with Crippen LogP contribution in [0.15, 0.2) is 11.2 Å². The Morgan fingerprint density at radius 2 is 2.30 bits per heavy atom. The molecule has 0 aliphatic carbocycles. The minimum absolute atomic E-state index is 0.134. The summed E-state index contributed by atoms with van der Waals surface area (Å²) < 4.78 is 1.66. The van der Waals surface area contributed by atoms with Gasteiger partial charge < -0.3 is 5.32 Å². The van der Waals surface area contributed by atoms with Crippen LogP contribution in [-0.2, 0) is 4.79 Å². The largest absolute Gasteiger partial charge is 0.354 e. The maximum Gasteiger partial charge on any atom is 0.253 e. The molecule has 0 aliphatic heterocycles. The standard InChI is InChI=1S/C12H14N6OS/c1-8-6-9(2)18-11(15-8)16-12(17-18)20-7-10(19)14-5-3-4-13/h6H,3,5,7H2,1-2H3,(H,14,19). The van der Waals surface area contributed by atoms with E-state index in [1.807, 2.05) is 26.0 Å². The Kier molecular flexibility index (Phi) is 4.53. The second-order valence-electron chi connectivity index (χ2n) is 4.19. The summed E-state index contributed by atoms with van der Waals surface area (Å²) in [5.74, 6) is 0.625. The van der Waals surface area contributed by atoms with Crippen LogP contribution in [-0.4, -0.2) is 37.8 Å². The van der Waals surface area contributed by atoms with Crippen molar-refractivity contribution in [3.8, 4) is 6.07 Å². The molecule has 0 aromatic carbocycles. The summed E-state index contributed by atoms with van der Waals surface area (Å²) in [6.45, 7) is 4.20. The van der Waals surface area contributed by atoms with Crippen molar-refractivity contribution < 1.29 is 4.79 Å². The third-order valence-corrected chi connectivity index (χ3v) is 3.33. The Morgan fingerprint density at radius 1 is 1.50 bits per heavy atom. The van der Waals surface area contributed by atoms with E-state index in [4.69, 9.17) is 5.26 Å². The Morgan fingerprint density at radius 3 is 3.05 bits per heavy atom. The van der Waals surface area contributed by atoms with E-state index in [-0.39, 0.29) is 11.7 Å². The van der Waals surface area contributed by atoms with Crippen molar-refractivity contribution in [1.29, 1.82) is 5.26 Å². The van der Waals surface area contributed by atoms with E-state index in [0.717, 1.165) is 11.4 Å². The van der Waals surface area contributed by atoms with Crippen LogP contribution in [0, 0.1) is 25.2 Å². The maximum absolute atomic E-state index is 11.5. The van der Waals surface area contributed by atoms with Gasteiger partial charge in [-0.15, -0.1) is 5.10 Å². The number of nitrogens with one attached hydrogen (secondary N) is 1. The van der Waals surface area contributed by atoms with Crippen molar-refractivity contribution in [2.45, 2.75) is 25.4 Å². The lowest BCUT2D eigenvalue weighted by atomic mass is 10.4. The number of amides is 1. The van der Waals surface area contributed by atoms with Gasteiger partial charge in [-0.25, -0.2) is 9.50 Å². The summed E-state index contributed by atoms with van der Waals surface area (Å²) in [6.07, 6.45) is 0.311. The summed E-state index contributed by atoms with van der Waals surface area (Å²) in [5.41, 5.74) is 1.83. The molecule has 2 heterocycles. The normalized spacial score (nSPS) is 10.4. The fourth-order valence-corrected chi connectivity index (χ4v) is 2.30. The van der Waals surface area contributed by atoms with E-state index in [2.05, 4.69) is 20.4 Å². The first-order valence-electron chi connectivity index (χ1n) is 6.07. The molecule has 2 aromatic rings. The molecule has 0 radical (unpaired) electrons. The monoisotopic (exact) mass is 290 g/mol. The van der Waals surface area contributed by atoms with Crippen molar-refractivity contribution in [3.63, 3.8) is 0 Å². The molecule has 0 saturated carbocycles. The van der Waals surface area contributed by atoms with Gasteiger partial charge in [0, 0.05) is 17.9 Å². The number of hydrogen-bond acceptors (Lipinski definition) is 6. The number of rotatable bonds is 5. The summed E-state index contributed by atoms with van der Waals surface area (Å²) >= 11 is 1.25. The molecule has 8 heteroatoms. The summed E-state index contributed by atoms with van der Waals surface area (Å²) in [7, 11) is 0. The van der Waals surface area contributed by atoms with Gasteiger partial charge in [-0.2, -0.15) is 10.2 Å². The van der Waals surface area contributed by atoms with Crippen LogP contribution < -0.4 is 5.32 Å².